The lowest BCUT2D eigenvalue weighted by atomic mass is 10.0. The molecule has 1 amide bonds. The van der Waals surface area contributed by atoms with Crippen molar-refractivity contribution in [2.45, 2.75) is 51.9 Å². The first-order chi connectivity index (χ1) is 12.1. The average molecular weight is 369 g/mol. The third kappa shape index (κ3) is 8.28. The molecule has 1 aromatic rings. The number of aliphatic carboxylic acids is 1. The molecule has 3 N–H and O–H groups in total. The van der Waals surface area contributed by atoms with E-state index in [2.05, 4.69) is 10.2 Å². The van der Waals surface area contributed by atoms with Gasteiger partial charge in [0.15, 0.2) is 6.61 Å². The van der Waals surface area contributed by atoms with Gasteiger partial charge in [-0.1, -0.05) is 30.3 Å². The molecule has 8 nitrogen and oxygen atoms in total. The molecule has 0 aliphatic carbocycles. The predicted octanol–water partition coefficient (Wildman–Crippen LogP) is 1.90. The Labute approximate surface area is 153 Å². The fraction of sp³-hybridized carbons (Fsp3) is 0.556. The molecule has 0 saturated heterocycles. The van der Waals surface area contributed by atoms with E-state index in [1.165, 1.54) is 7.05 Å². The van der Waals surface area contributed by atoms with E-state index >= 15 is 0 Å². The Kier molecular flexibility index (Phi) is 8.50. The summed E-state index contributed by atoms with van der Waals surface area (Å²) in [6, 6.07) is 8.40. The number of aliphatic hydroxyl groups is 1. The van der Waals surface area contributed by atoms with E-state index in [0.717, 1.165) is 10.8 Å². The fourth-order valence-corrected chi connectivity index (χ4v) is 2.25. The Morgan fingerprint density at radius 3 is 2.38 bits per heavy atom. The van der Waals surface area contributed by atoms with Crippen molar-refractivity contribution in [3.8, 4) is 0 Å². The third-order valence-corrected chi connectivity index (χ3v) is 3.22. The molecule has 1 rings (SSSR count). The largest absolute Gasteiger partial charge is 0.479 e. The Bertz CT molecular complexity index is 573. The van der Waals surface area contributed by atoms with Crippen LogP contribution in [0.2, 0.25) is 0 Å². The van der Waals surface area contributed by atoms with Crippen molar-refractivity contribution in [2.24, 2.45) is 0 Å². The van der Waals surface area contributed by atoms with Crippen molar-refractivity contribution in [3.05, 3.63) is 35.9 Å². The zero-order valence-corrected chi connectivity index (χ0v) is 15.9. The average Bonchev–Trinajstić information content (AvgIpc) is 2.51. The highest BCUT2D eigenvalue weighted by Crippen LogP contribution is 2.13. The zero-order valence-electron chi connectivity index (χ0n) is 15.9. The number of carbonyl (C=O) groups excluding carboxylic acids is 1. The van der Waals surface area contributed by atoms with Gasteiger partial charge in [-0.15, -0.1) is 0 Å². The second-order valence-electron chi connectivity index (χ2n) is 6.73. The molecule has 1 aromatic carbocycles. The maximum Gasteiger partial charge on any atom is 0.407 e. The third-order valence-electron chi connectivity index (χ3n) is 3.22. The SMILES string of the molecule is CC[OH+]N(C)O[C@H](C(=O)O)[C@@H](Cc1ccccc1)NC(=O)OC(C)(C)C. The number of benzene rings is 1. The molecule has 2 atom stereocenters. The van der Waals surface area contributed by atoms with Gasteiger partial charge in [-0.05, 0) is 32.8 Å². The number of hydrogen-bond donors (Lipinski definition) is 2. The summed E-state index contributed by atoms with van der Waals surface area (Å²) >= 11 is 0. The van der Waals surface area contributed by atoms with Gasteiger partial charge in [0.25, 0.3) is 0 Å². The van der Waals surface area contributed by atoms with Crippen molar-refractivity contribution in [2.75, 3.05) is 13.7 Å². The maximum absolute atomic E-state index is 12.2. The number of nitrogens with zero attached hydrogens (tertiary/aromatic N) is 1. The van der Waals surface area contributed by atoms with Crippen LogP contribution in [-0.2, 0) is 20.8 Å². The van der Waals surface area contributed by atoms with Crippen LogP contribution in [0.3, 0.4) is 0 Å². The topological polar surface area (TPSA) is 101 Å². The summed E-state index contributed by atoms with van der Waals surface area (Å²) in [5.74, 6) is -1.21. The van der Waals surface area contributed by atoms with E-state index in [-0.39, 0.29) is 6.42 Å². The Morgan fingerprint density at radius 2 is 1.88 bits per heavy atom. The van der Waals surface area contributed by atoms with Crippen molar-refractivity contribution in [1.82, 2.24) is 10.5 Å². The molecule has 0 unspecified atom stereocenters. The molecular formula is C18H29N2O6+. The Hall–Kier alpha value is -2.16. The zero-order chi connectivity index (χ0) is 19.7. The first-order valence-electron chi connectivity index (χ1n) is 8.46. The van der Waals surface area contributed by atoms with Crippen LogP contribution < -0.4 is 5.32 Å². The quantitative estimate of drug-likeness (QED) is 0.509. The lowest BCUT2D eigenvalue weighted by molar-refractivity contribution is -0.446. The fourth-order valence-electron chi connectivity index (χ4n) is 2.25. The number of carbonyl (C=O) groups is 2. The number of nitrogens with one attached hydrogen (secondary N) is 1. The van der Waals surface area contributed by atoms with Crippen LogP contribution in [0, 0.1) is 0 Å². The van der Waals surface area contributed by atoms with Crippen LogP contribution >= 0.6 is 0 Å². The van der Waals surface area contributed by atoms with E-state index in [4.69, 9.17) is 9.57 Å². The second-order valence-corrected chi connectivity index (χ2v) is 6.73. The first kappa shape index (κ1) is 21.9. The van der Waals surface area contributed by atoms with Crippen LogP contribution in [0.25, 0.3) is 0 Å². The lowest BCUT2D eigenvalue weighted by Crippen LogP contribution is -2.52. The van der Waals surface area contributed by atoms with Crippen LogP contribution in [0.4, 0.5) is 4.79 Å². The van der Waals surface area contributed by atoms with Gasteiger partial charge in [-0.25, -0.2) is 14.4 Å². The molecule has 0 bridgehead atoms. The van der Waals surface area contributed by atoms with Crippen molar-refractivity contribution in [1.29, 1.82) is 0 Å². The number of amides is 1. The van der Waals surface area contributed by atoms with Gasteiger partial charge < -0.3 is 20.0 Å². The van der Waals surface area contributed by atoms with E-state index in [9.17, 15) is 14.7 Å². The number of carboxylic acid groups (broad SMARTS) is 1. The molecule has 0 fully saturated rings. The summed E-state index contributed by atoms with van der Waals surface area (Å²) in [4.78, 5) is 33.3. The van der Waals surface area contributed by atoms with Crippen LogP contribution in [-0.4, -0.2) is 58.6 Å². The summed E-state index contributed by atoms with van der Waals surface area (Å²) in [5, 5.41) is 13.3. The molecule has 0 spiro atoms. The van der Waals surface area contributed by atoms with Gasteiger partial charge in [-0.3, -0.25) is 0 Å². The highest BCUT2D eigenvalue weighted by molar-refractivity contribution is 5.75. The molecule has 0 saturated carbocycles. The van der Waals surface area contributed by atoms with Crippen LogP contribution in [0.1, 0.15) is 33.3 Å². The summed E-state index contributed by atoms with van der Waals surface area (Å²) in [6.07, 6.45) is -1.77. The molecule has 0 aliphatic heterocycles. The standard InChI is InChI=1S/C18H28N2O6/c1-6-24-20(5)26-15(16(21)22)14(12-13-10-8-7-9-11-13)19-17(23)25-18(2,3)4/h7-11,14-15H,6,12H2,1-5H3,(H,19,23)(H,21,22)/p+1/t14-,15+/m1/s1. The summed E-state index contributed by atoms with van der Waals surface area (Å²) in [5.41, 5.74) is 0.161. The smallest absolute Gasteiger partial charge is 0.407 e. The summed E-state index contributed by atoms with van der Waals surface area (Å²) in [6.45, 7) is 7.44. The number of carboxylic acids is 1. The van der Waals surface area contributed by atoms with E-state index in [1.54, 1.807) is 27.7 Å². The maximum atomic E-state index is 12.2. The van der Waals surface area contributed by atoms with E-state index in [0.29, 0.717) is 6.61 Å². The van der Waals surface area contributed by atoms with Gasteiger partial charge in [0, 0.05) is 6.92 Å². The predicted molar refractivity (Wildman–Crippen MR) is 96.3 cm³/mol. The number of rotatable bonds is 9. The van der Waals surface area contributed by atoms with Gasteiger partial charge in [0.05, 0.1) is 18.3 Å². The van der Waals surface area contributed by atoms with Crippen LogP contribution in [0.15, 0.2) is 30.3 Å². The number of ether oxygens (including phenoxy) is 1. The molecular weight excluding hydrogens is 340 g/mol. The van der Waals surface area contributed by atoms with Gasteiger partial charge in [0.2, 0.25) is 6.10 Å². The molecule has 0 aromatic heterocycles. The molecule has 0 radical (unpaired) electrons. The first-order valence-corrected chi connectivity index (χ1v) is 8.46. The monoisotopic (exact) mass is 369 g/mol. The van der Waals surface area contributed by atoms with E-state index in [1.807, 2.05) is 30.3 Å². The minimum atomic E-state index is -1.33. The second kappa shape index (κ2) is 10.1. The molecule has 0 aliphatic rings. The van der Waals surface area contributed by atoms with Gasteiger partial charge in [-0.2, -0.15) is 0 Å². The molecule has 146 valence electrons. The molecule has 0 heterocycles. The minimum absolute atomic E-state index is 0.261. The van der Waals surface area contributed by atoms with Crippen molar-refractivity contribution in [3.63, 3.8) is 0 Å². The highest BCUT2D eigenvalue weighted by atomic mass is 17.0. The van der Waals surface area contributed by atoms with Crippen LogP contribution in [0.5, 0.6) is 0 Å². The molecule has 26 heavy (non-hydrogen) atoms. The minimum Gasteiger partial charge on any atom is -0.479 e. The summed E-state index contributed by atoms with van der Waals surface area (Å²) in [7, 11) is 1.51. The normalized spacial score (nSPS) is 13.9. The lowest BCUT2D eigenvalue weighted by Gasteiger charge is -2.27. The number of hydroxylamine groups is 2. The van der Waals surface area contributed by atoms with Gasteiger partial charge in [0.1, 0.15) is 5.60 Å². The van der Waals surface area contributed by atoms with Crippen molar-refractivity contribution < 1.29 is 29.1 Å². The number of alkyl carbamates (subject to hydrolysis) is 1. The highest BCUT2D eigenvalue weighted by Gasteiger charge is 2.35. The number of hydrogen-bond acceptors (Lipinski definition) is 5. The van der Waals surface area contributed by atoms with E-state index < -0.39 is 29.8 Å². The Morgan fingerprint density at radius 1 is 1.27 bits per heavy atom. The van der Waals surface area contributed by atoms with Gasteiger partial charge >= 0.3 is 12.1 Å². The Balaban J connectivity index is 2.98. The molecule has 8 heteroatoms. The van der Waals surface area contributed by atoms with Crippen molar-refractivity contribution >= 4 is 12.1 Å². The summed E-state index contributed by atoms with van der Waals surface area (Å²) < 4.78 is 5.25.